The van der Waals surface area contributed by atoms with Crippen molar-refractivity contribution in [3.63, 3.8) is 0 Å². The molecule has 2 aromatic rings. The highest BCUT2D eigenvalue weighted by atomic mass is 16.5. The fourth-order valence-electron chi connectivity index (χ4n) is 3.98. The molecule has 1 fully saturated rings. The number of hydrogen-bond donors (Lipinski definition) is 0. The van der Waals surface area contributed by atoms with Crippen LogP contribution in [0.2, 0.25) is 0 Å². The summed E-state index contributed by atoms with van der Waals surface area (Å²) < 4.78 is 8.56. The van der Waals surface area contributed by atoms with Crippen molar-refractivity contribution in [1.82, 2.24) is 19.2 Å². The van der Waals surface area contributed by atoms with Gasteiger partial charge in [-0.25, -0.2) is 9.48 Å². The average Bonchev–Trinajstić information content (AvgIpc) is 3.01. The summed E-state index contributed by atoms with van der Waals surface area (Å²) in [4.78, 5) is 27.7. The number of morpholine rings is 1. The van der Waals surface area contributed by atoms with Crippen molar-refractivity contribution >= 4 is 5.91 Å². The minimum atomic E-state index is -0.329. The van der Waals surface area contributed by atoms with Crippen LogP contribution < -0.4 is 5.69 Å². The molecule has 1 unspecified atom stereocenters. The van der Waals surface area contributed by atoms with Crippen LogP contribution in [0, 0.1) is 13.8 Å². The van der Waals surface area contributed by atoms with Crippen molar-refractivity contribution in [2.75, 3.05) is 26.3 Å². The van der Waals surface area contributed by atoms with Gasteiger partial charge < -0.3 is 9.64 Å². The van der Waals surface area contributed by atoms with Gasteiger partial charge in [0.2, 0.25) is 5.91 Å². The molecule has 7 heteroatoms. The van der Waals surface area contributed by atoms with Crippen molar-refractivity contribution in [3.8, 4) is 0 Å². The maximum absolute atomic E-state index is 13.0. The Hall–Kier alpha value is -2.41. The van der Waals surface area contributed by atoms with Crippen molar-refractivity contribution in [3.05, 3.63) is 51.2 Å². The Bertz CT molecular complexity index is 908. The zero-order valence-corrected chi connectivity index (χ0v) is 16.0. The Morgan fingerprint density at radius 1 is 1.22 bits per heavy atom. The van der Waals surface area contributed by atoms with Crippen molar-refractivity contribution in [2.45, 2.75) is 45.7 Å². The maximum atomic E-state index is 13.0. The van der Waals surface area contributed by atoms with E-state index in [1.807, 2.05) is 18.7 Å². The van der Waals surface area contributed by atoms with Gasteiger partial charge in [0, 0.05) is 19.6 Å². The van der Waals surface area contributed by atoms with Gasteiger partial charge in [-0.1, -0.05) is 23.8 Å². The first-order valence-electron chi connectivity index (χ1n) is 9.65. The first kappa shape index (κ1) is 18.0. The van der Waals surface area contributed by atoms with E-state index in [1.165, 1.54) is 4.68 Å². The van der Waals surface area contributed by atoms with Gasteiger partial charge in [-0.2, -0.15) is 5.10 Å². The van der Waals surface area contributed by atoms with Crippen molar-refractivity contribution in [2.24, 2.45) is 0 Å². The van der Waals surface area contributed by atoms with E-state index in [-0.39, 0.29) is 17.5 Å². The lowest BCUT2D eigenvalue weighted by atomic mass is 9.97. The van der Waals surface area contributed by atoms with Gasteiger partial charge >= 0.3 is 5.69 Å². The summed E-state index contributed by atoms with van der Waals surface area (Å²) in [6, 6.07) is 6.23. The largest absolute Gasteiger partial charge is 0.378 e. The second-order valence-corrected chi connectivity index (χ2v) is 7.51. The van der Waals surface area contributed by atoms with Gasteiger partial charge in [0.1, 0.15) is 5.82 Å². The lowest BCUT2D eigenvalue weighted by Gasteiger charge is -2.31. The average molecular weight is 370 g/mol. The van der Waals surface area contributed by atoms with E-state index in [0.29, 0.717) is 45.2 Å². The zero-order chi connectivity index (χ0) is 19.0. The molecule has 0 aliphatic carbocycles. The van der Waals surface area contributed by atoms with E-state index in [4.69, 9.17) is 4.74 Å². The summed E-state index contributed by atoms with van der Waals surface area (Å²) in [5.41, 5.74) is 3.27. The molecule has 0 spiro atoms. The van der Waals surface area contributed by atoms with Gasteiger partial charge in [-0.3, -0.25) is 9.36 Å². The smallest absolute Gasteiger partial charge is 0.346 e. The second kappa shape index (κ2) is 7.31. The number of rotatable bonds is 3. The standard InChI is InChI=1S/C20H26N4O3/c1-14-5-6-15(2)16(12-14)13-24-20(26)23-7-3-4-17(18(23)21-24)19(25)22-8-10-27-11-9-22/h5-6,12,17H,3-4,7-11,13H2,1-2H3. The van der Waals surface area contributed by atoms with Crippen LogP contribution in [0.25, 0.3) is 0 Å². The molecule has 1 saturated heterocycles. The Morgan fingerprint density at radius 3 is 2.78 bits per heavy atom. The van der Waals surface area contributed by atoms with E-state index in [2.05, 4.69) is 23.3 Å². The minimum Gasteiger partial charge on any atom is -0.378 e. The number of ether oxygens (including phenoxy) is 1. The van der Waals surface area contributed by atoms with Crippen molar-refractivity contribution in [1.29, 1.82) is 0 Å². The topological polar surface area (TPSA) is 69.4 Å². The molecule has 2 aliphatic rings. The molecule has 0 N–H and O–H groups in total. The van der Waals surface area contributed by atoms with Crippen LogP contribution in [0.4, 0.5) is 0 Å². The molecular formula is C20H26N4O3. The first-order valence-corrected chi connectivity index (χ1v) is 9.65. The Kier molecular flexibility index (Phi) is 4.86. The summed E-state index contributed by atoms with van der Waals surface area (Å²) in [6.45, 7) is 7.53. The van der Waals surface area contributed by atoms with E-state index >= 15 is 0 Å². The third-order valence-corrected chi connectivity index (χ3v) is 5.58. The molecule has 1 aromatic carbocycles. The van der Waals surface area contributed by atoms with E-state index in [9.17, 15) is 9.59 Å². The fourth-order valence-corrected chi connectivity index (χ4v) is 3.98. The van der Waals surface area contributed by atoms with Crippen LogP contribution in [0.15, 0.2) is 23.0 Å². The first-order chi connectivity index (χ1) is 13.0. The number of nitrogens with zero attached hydrogens (tertiary/aromatic N) is 4. The van der Waals surface area contributed by atoms with E-state index in [0.717, 1.165) is 29.5 Å². The Morgan fingerprint density at radius 2 is 2.00 bits per heavy atom. The molecule has 2 aliphatic heterocycles. The molecular weight excluding hydrogens is 344 g/mol. The summed E-state index contributed by atoms with van der Waals surface area (Å²) in [7, 11) is 0. The number of aromatic nitrogens is 3. The van der Waals surface area contributed by atoms with E-state index < -0.39 is 0 Å². The molecule has 7 nitrogen and oxygen atoms in total. The Balaban J connectivity index is 1.64. The third-order valence-electron chi connectivity index (χ3n) is 5.58. The van der Waals surface area contributed by atoms with Crippen molar-refractivity contribution < 1.29 is 9.53 Å². The number of hydrogen-bond acceptors (Lipinski definition) is 4. The van der Waals surface area contributed by atoms with Gasteiger partial charge in [0.25, 0.3) is 0 Å². The van der Waals surface area contributed by atoms with Crippen LogP contribution in [0.3, 0.4) is 0 Å². The monoisotopic (exact) mass is 370 g/mol. The molecule has 0 radical (unpaired) electrons. The van der Waals surface area contributed by atoms with Crippen LogP contribution in [-0.4, -0.2) is 51.5 Å². The van der Waals surface area contributed by atoms with Crippen LogP contribution in [0.1, 0.15) is 41.3 Å². The van der Waals surface area contributed by atoms with Crippen LogP contribution in [-0.2, 0) is 22.6 Å². The summed E-state index contributed by atoms with van der Waals surface area (Å²) in [5, 5.41) is 4.60. The molecule has 0 saturated carbocycles. The lowest BCUT2D eigenvalue weighted by molar-refractivity contribution is -0.137. The predicted octanol–water partition coefficient (Wildman–Crippen LogP) is 1.45. The lowest BCUT2D eigenvalue weighted by Crippen LogP contribution is -2.44. The number of carbonyl (C=O) groups is 1. The second-order valence-electron chi connectivity index (χ2n) is 7.51. The van der Waals surface area contributed by atoms with Gasteiger partial charge in [-0.15, -0.1) is 0 Å². The van der Waals surface area contributed by atoms with Gasteiger partial charge in [-0.05, 0) is 37.8 Å². The Labute approximate surface area is 158 Å². The highest BCUT2D eigenvalue weighted by Gasteiger charge is 2.34. The minimum absolute atomic E-state index is 0.0723. The van der Waals surface area contributed by atoms with Crippen LogP contribution in [0.5, 0.6) is 0 Å². The SMILES string of the molecule is Cc1ccc(C)c(Cn2nc3n(c2=O)CCCC3C(=O)N2CCOCC2)c1. The number of amides is 1. The van der Waals surface area contributed by atoms with Crippen LogP contribution >= 0.6 is 0 Å². The quantitative estimate of drug-likeness (QED) is 0.820. The molecule has 3 heterocycles. The van der Waals surface area contributed by atoms with Gasteiger partial charge in [0.05, 0.1) is 25.7 Å². The third kappa shape index (κ3) is 3.43. The normalized spacial score (nSPS) is 19.8. The highest BCUT2D eigenvalue weighted by molar-refractivity contribution is 5.83. The summed E-state index contributed by atoms with van der Waals surface area (Å²) in [6.07, 6.45) is 1.57. The highest BCUT2D eigenvalue weighted by Crippen LogP contribution is 2.27. The maximum Gasteiger partial charge on any atom is 0.346 e. The number of carbonyl (C=O) groups excluding carboxylic acids is 1. The number of benzene rings is 1. The molecule has 1 amide bonds. The molecule has 27 heavy (non-hydrogen) atoms. The summed E-state index contributed by atoms with van der Waals surface area (Å²) >= 11 is 0. The summed E-state index contributed by atoms with van der Waals surface area (Å²) in [5.74, 6) is 0.362. The zero-order valence-electron chi connectivity index (χ0n) is 16.0. The van der Waals surface area contributed by atoms with E-state index in [1.54, 1.807) is 4.57 Å². The number of aryl methyl sites for hydroxylation is 2. The predicted molar refractivity (Wildman–Crippen MR) is 101 cm³/mol. The molecule has 1 aromatic heterocycles. The number of fused-ring (bicyclic) bond motifs is 1. The molecule has 1 atom stereocenters. The molecule has 4 rings (SSSR count). The molecule has 144 valence electrons. The van der Waals surface area contributed by atoms with Gasteiger partial charge in [0.15, 0.2) is 0 Å². The fraction of sp³-hybridized carbons (Fsp3) is 0.550. The molecule has 0 bridgehead atoms.